The maximum absolute atomic E-state index is 12.3. The van der Waals surface area contributed by atoms with Crippen LogP contribution in [-0.4, -0.2) is 30.0 Å². The van der Waals surface area contributed by atoms with Gasteiger partial charge < -0.3 is 4.74 Å². The van der Waals surface area contributed by atoms with Crippen molar-refractivity contribution in [2.75, 3.05) is 18.1 Å². The molecule has 8 heteroatoms. The van der Waals surface area contributed by atoms with E-state index in [-0.39, 0.29) is 17.8 Å². The Hall–Kier alpha value is -3.73. The van der Waals surface area contributed by atoms with Crippen molar-refractivity contribution in [3.8, 4) is 6.07 Å². The third-order valence-corrected chi connectivity index (χ3v) is 3.56. The zero-order chi connectivity index (χ0) is 19.1. The van der Waals surface area contributed by atoms with Gasteiger partial charge in [-0.2, -0.15) is 5.26 Å². The summed E-state index contributed by atoms with van der Waals surface area (Å²) < 4.78 is 4.94. The van der Waals surface area contributed by atoms with Crippen LogP contribution in [0.1, 0.15) is 15.9 Å². The van der Waals surface area contributed by atoms with Crippen LogP contribution >= 0.6 is 0 Å². The number of hydrogen-bond donors (Lipinski definition) is 0. The second-order valence-corrected chi connectivity index (χ2v) is 5.28. The van der Waals surface area contributed by atoms with Crippen molar-refractivity contribution in [3.05, 3.63) is 69.8 Å². The van der Waals surface area contributed by atoms with Gasteiger partial charge in [-0.3, -0.25) is 19.8 Å². The second kappa shape index (κ2) is 8.39. The van der Waals surface area contributed by atoms with Crippen LogP contribution in [0.25, 0.3) is 0 Å². The van der Waals surface area contributed by atoms with Gasteiger partial charge in [-0.25, -0.2) is 4.79 Å². The molecule has 0 saturated heterocycles. The molecule has 1 amide bonds. The second-order valence-electron chi connectivity index (χ2n) is 5.28. The molecule has 0 N–H and O–H groups in total. The average molecular weight is 353 g/mol. The SMILES string of the molecule is Cc1cccc(C(=O)OCC(=O)N(CC#N)c2ccccc2)c1[N+](=O)[O-]. The van der Waals surface area contributed by atoms with E-state index in [0.29, 0.717) is 11.3 Å². The zero-order valence-electron chi connectivity index (χ0n) is 13.9. The fourth-order valence-corrected chi connectivity index (χ4v) is 2.35. The highest BCUT2D eigenvalue weighted by Crippen LogP contribution is 2.23. The van der Waals surface area contributed by atoms with Gasteiger partial charge in [0.25, 0.3) is 11.6 Å². The number of ether oxygens (including phenoxy) is 1. The van der Waals surface area contributed by atoms with Crippen LogP contribution in [0.15, 0.2) is 48.5 Å². The lowest BCUT2D eigenvalue weighted by atomic mass is 10.1. The Balaban J connectivity index is 2.14. The van der Waals surface area contributed by atoms with Crippen LogP contribution in [-0.2, 0) is 9.53 Å². The number of nitro groups is 1. The van der Waals surface area contributed by atoms with Crippen LogP contribution in [0.5, 0.6) is 0 Å². The summed E-state index contributed by atoms with van der Waals surface area (Å²) in [6.07, 6.45) is 0. The molecule has 26 heavy (non-hydrogen) atoms. The molecular weight excluding hydrogens is 338 g/mol. The van der Waals surface area contributed by atoms with Crippen molar-refractivity contribution < 1.29 is 19.2 Å². The minimum atomic E-state index is -0.973. The number of hydrogen-bond acceptors (Lipinski definition) is 6. The van der Waals surface area contributed by atoms with E-state index >= 15 is 0 Å². The van der Waals surface area contributed by atoms with Crippen LogP contribution in [0, 0.1) is 28.4 Å². The average Bonchev–Trinajstić information content (AvgIpc) is 2.64. The van der Waals surface area contributed by atoms with Gasteiger partial charge in [0.05, 0.1) is 11.0 Å². The van der Waals surface area contributed by atoms with Crippen molar-refractivity contribution in [2.24, 2.45) is 0 Å². The first kappa shape index (κ1) is 18.6. The molecule has 132 valence electrons. The molecule has 0 aliphatic heterocycles. The minimum absolute atomic E-state index is 0.217. The number of carbonyl (C=O) groups excluding carboxylic acids is 2. The Labute approximate surface area is 149 Å². The van der Waals surface area contributed by atoms with E-state index in [2.05, 4.69) is 0 Å². The smallest absolute Gasteiger partial charge is 0.345 e. The van der Waals surface area contributed by atoms with E-state index < -0.39 is 23.4 Å². The third kappa shape index (κ3) is 4.21. The molecule has 0 fully saturated rings. The molecule has 0 aliphatic carbocycles. The summed E-state index contributed by atoms with van der Waals surface area (Å²) in [6.45, 7) is 0.648. The molecule has 0 aromatic heterocycles. The summed E-state index contributed by atoms with van der Waals surface area (Å²) in [5.41, 5.74) is 0.207. The molecule has 0 radical (unpaired) electrons. The lowest BCUT2D eigenvalue weighted by Gasteiger charge is -2.19. The van der Waals surface area contributed by atoms with Gasteiger partial charge in [0, 0.05) is 11.3 Å². The summed E-state index contributed by atoms with van der Waals surface area (Å²) in [6, 6.07) is 14.6. The summed E-state index contributed by atoms with van der Waals surface area (Å²) in [7, 11) is 0. The van der Waals surface area contributed by atoms with E-state index in [4.69, 9.17) is 10.00 Å². The molecular formula is C18H15N3O5. The number of anilines is 1. The predicted molar refractivity (Wildman–Crippen MR) is 92.5 cm³/mol. The molecule has 2 aromatic rings. The Morgan fingerprint density at radius 1 is 1.19 bits per heavy atom. The third-order valence-electron chi connectivity index (χ3n) is 3.56. The Morgan fingerprint density at radius 3 is 2.50 bits per heavy atom. The van der Waals surface area contributed by atoms with Gasteiger partial charge >= 0.3 is 5.97 Å². The quantitative estimate of drug-likeness (QED) is 0.341. The summed E-state index contributed by atoms with van der Waals surface area (Å²) in [5, 5.41) is 20.1. The van der Waals surface area contributed by atoms with E-state index in [0.717, 1.165) is 4.90 Å². The number of para-hydroxylation sites is 2. The van der Waals surface area contributed by atoms with Gasteiger partial charge in [-0.15, -0.1) is 0 Å². The summed E-state index contributed by atoms with van der Waals surface area (Å²) in [4.78, 5) is 36.1. The lowest BCUT2D eigenvalue weighted by Crippen LogP contribution is -2.35. The zero-order valence-corrected chi connectivity index (χ0v) is 13.9. The van der Waals surface area contributed by atoms with Gasteiger partial charge in [0.1, 0.15) is 12.1 Å². The minimum Gasteiger partial charge on any atom is -0.452 e. The lowest BCUT2D eigenvalue weighted by molar-refractivity contribution is -0.385. The van der Waals surface area contributed by atoms with Gasteiger partial charge in [-0.05, 0) is 25.1 Å². The predicted octanol–water partition coefficient (Wildman–Crippen LogP) is 2.62. The Bertz CT molecular complexity index is 874. The van der Waals surface area contributed by atoms with Crippen LogP contribution in [0.3, 0.4) is 0 Å². The fourth-order valence-electron chi connectivity index (χ4n) is 2.35. The van der Waals surface area contributed by atoms with E-state index in [1.54, 1.807) is 30.3 Å². The first-order valence-electron chi connectivity index (χ1n) is 7.59. The number of amides is 1. The van der Waals surface area contributed by atoms with Crippen molar-refractivity contribution in [2.45, 2.75) is 6.92 Å². The van der Waals surface area contributed by atoms with Crippen LogP contribution in [0.2, 0.25) is 0 Å². The highest BCUT2D eigenvalue weighted by Gasteiger charge is 2.25. The fraction of sp³-hybridized carbons (Fsp3) is 0.167. The number of aryl methyl sites for hydroxylation is 1. The van der Waals surface area contributed by atoms with Gasteiger partial charge in [-0.1, -0.05) is 30.3 Å². The van der Waals surface area contributed by atoms with E-state index in [1.165, 1.54) is 25.1 Å². The van der Waals surface area contributed by atoms with Gasteiger partial charge in [0.15, 0.2) is 6.61 Å². The molecule has 0 heterocycles. The normalized spacial score (nSPS) is 9.85. The van der Waals surface area contributed by atoms with Gasteiger partial charge in [0.2, 0.25) is 0 Å². The van der Waals surface area contributed by atoms with Crippen LogP contribution < -0.4 is 4.90 Å². The number of nitriles is 1. The maximum atomic E-state index is 12.3. The maximum Gasteiger partial charge on any atom is 0.345 e. The van der Waals surface area contributed by atoms with Crippen LogP contribution in [0.4, 0.5) is 11.4 Å². The molecule has 0 spiro atoms. The molecule has 0 aliphatic rings. The molecule has 8 nitrogen and oxygen atoms in total. The monoisotopic (exact) mass is 353 g/mol. The standard InChI is InChI=1S/C18H15N3O5/c1-13-6-5-9-15(17(13)21(24)25)18(23)26-12-16(22)20(11-10-19)14-7-3-2-4-8-14/h2-9H,11-12H2,1H3. The largest absolute Gasteiger partial charge is 0.452 e. The van der Waals surface area contributed by atoms with Crippen molar-refractivity contribution >= 4 is 23.3 Å². The molecule has 0 unspecified atom stereocenters. The molecule has 0 bridgehead atoms. The number of esters is 1. The summed E-state index contributed by atoms with van der Waals surface area (Å²) >= 11 is 0. The Morgan fingerprint density at radius 2 is 1.88 bits per heavy atom. The topological polar surface area (TPSA) is 114 Å². The van der Waals surface area contributed by atoms with E-state index in [9.17, 15) is 19.7 Å². The highest BCUT2D eigenvalue weighted by atomic mass is 16.6. The number of carbonyl (C=O) groups is 2. The summed E-state index contributed by atoms with van der Waals surface area (Å²) in [5.74, 6) is -1.58. The van der Waals surface area contributed by atoms with E-state index in [1.807, 2.05) is 6.07 Å². The number of nitrogens with zero attached hydrogens (tertiary/aromatic N) is 3. The molecule has 0 saturated carbocycles. The Kier molecular flexibility index (Phi) is 6.01. The highest BCUT2D eigenvalue weighted by molar-refractivity contribution is 5.99. The van der Waals surface area contributed by atoms with Crippen molar-refractivity contribution in [3.63, 3.8) is 0 Å². The number of benzene rings is 2. The number of nitro benzene ring substituents is 1. The number of rotatable bonds is 6. The molecule has 0 atom stereocenters. The van der Waals surface area contributed by atoms with Crippen molar-refractivity contribution in [1.29, 1.82) is 5.26 Å². The first-order valence-corrected chi connectivity index (χ1v) is 7.59. The molecule has 2 aromatic carbocycles. The van der Waals surface area contributed by atoms with Crippen molar-refractivity contribution in [1.82, 2.24) is 0 Å². The molecule has 2 rings (SSSR count). The first-order chi connectivity index (χ1) is 12.5.